The monoisotopic (exact) mass is 389 g/mol. The van der Waals surface area contributed by atoms with Gasteiger partial charge in [-0.25, -0.2) is 5.09 Å². The van der Waals surface area contributed by atoms with Gasteiger partial charge in [-0.3, -0.25) is 9.59 Å². The normalized spacial score (nSPS) is 13.8. The number of hydrogen-bond acceptors (Lipinski definition) is 4. The second-order valence-corrected chi connectivity index (χ2v) is 8.10. The number of carbonyl (C=O) groups excluding carboxylic acids is 1. The Bertz CT molecular complexity index is 440. The fourth-order valence-corrected chi connectivity index (χ4v) is 3.64. The number of carboxylic acid groups (broad SMARTS) is 1. The molecule has 0 aromatic carbocycles. The van der Waals surface area contributed by atoms with Gasteiger partial charge in [0.2, 0.25) is 5.52 Å². The van der Waals surface area contributed by atoms with E-state index in [2.05, 4.69) is 24.2 Å². The van der Waals surface area contributed by atoms with E-state index in [1.54, 1.807) is 0 Å². The lowest BCUT2D eigenvalue weighted by molar-refractivity contribution is -0.139. The second-order valence-electron chi connectivity index (χ2n) is 6.60. The van der Waals surface area contributed by atoms with Gasteiger partial charge in [-0.2, -0.15) is 0 Å². The molecule has 6 nitrogen and oxygen atoms in total. The summed E-state index contributed by atoms with van der Waals surface area (Å²) in [5, 5.41) is 19.8. The quantitative estimate of drug-likeness (QED) is 0.184. The number of carboxylic acids is 1. The lowest BCUT2D eigenvalue weighted by Gasteiger charge is -2.10. The van der Waals surface area contributed by atoms with E-state index < -0.39 is 32.1 Å². The molecule has 0 aromatic heterocycles. The largest absolute Gasteiger partial charge is 0.480 e. The van der Waals surface area contributed by atoms with Crippen LogP contribution in [-0.2, 0) is 14.2 Å². The van der Waals surface area contributed by atoms with Gasteiger partial charge in [0.1, 0.15) is 6.04 Å². The predicted octanol–water partition coefficient (Wildman–Crippen LogP) is 4.28. The number of aliphatic carboxylic acids is 1. The van der Waals surface area contributed by atoms with Crippen LogP contribution in [0.1, 0.15) is 84.0 Å². The summed E-state index contributed by atoms with van der Waals surface area (Å²) in [7, 11) is -2.83. The maximum Gasteiger partial charge on any atom is 0.323 e. The maximum atomic E-state index is 11.7. The van der Waals surface area contributed by atoms with Crippen molar-refractivity contribution in [2.45, 2.75) is 90.0 Å². The molecule has 0 amide bonds. The van der Waals surface area contributed by atoms with Gasteiger partial charge in [-0.15, -0.1) is 0 Å². The van der Waals surface area contributed by atoms with E-state index >= 15 is 0 Å². The highest BCUT2D eigenvalue weighted by atomic mass is 31.1. The molecule has 7 heteroatoms. The van der Waals surface area contributed by atoms with Gasteiger partial charge in [0.15, 0.2) is 7.95 Å². The van der Waals surface area contributed by atoms with Crippen molar-refractivity contribution >= 4 is 19.4 Å². The van der Waals surface area contributed by atoms with Gasteiger partial charge >= 0.3 is 5.97 Å². The lowest BCUT2D eigenvalue weighted by atomic mass is 10.1. The zero-order valence-corrected chi connectivity index (χ0v) is 17.0. The number of aliphatic hydroxyl groups excluding tert-OH is 1. The lowest BCUT2D eigenvalue weighted by Crippen LogP contribution is -2.36. The van der Waals surface area contributed by atoms with E-state index in [0.717, 1.165) is 32.1 Å². The zero-order chi connectivity index (χ0) is 19.6. The Hall–Kier alpha value is -0.970. The Balaban J connectivity index is 3.57. The smallest absolute Gasteiger partial charge is 0.323 e. The first-order chi connectivity index (χ1) is 12.5. The van der Waals surface area contributed by atoms with Gasteiger partial charge in [0.25, 0.3) is 0 Å². The Morgan fingerprint density at radius 1 is 0.962 bits per heavy atom. The van der Waals surface area contributed by atoms with Crippen molar-refractivity contribution in [3.05, 3.63) is 12.2 Å². The van der Waals surface area contributed by atoms with Gasteiger partial charge in [0, 0.05) is 6.42 Å². The molecule has 0 bridgehead atoms. The van der Waals surface area contributed by atoms with Crippen LogP contribution in [0.2, 0.25) is 0 Å². The van der Waals surface area contributed by atoms with Crippen molar-refractivity contribution in [2.75, 3.05) is 6.61 Å². The number of unbranched alkanes of at least 4 members (excludes halogenated alkanes) is 9. The molecule has 0 heterocycles. The maximum absolute atomic E-state index is 11.7. The first-order valence-corrected chi connectivity index (χ1v) is 11.3. The summed E-state index contributed by atoms with van der Waals surface area (Å²) in [6, 6.07) is -1.34. The third kappa shape index (κ3) is 14.2. The summed E-state index contributed by atoms with van der Waals surface area (Å²) in [5.41, 5.74) is -0.444. The van der Waals surface area contributed by atoms with Gasteiger partial charge in [-0.1, -0.05) is 57.6 Å². The Morgan fingerprint density at radius 3 is 2.04 bits per heavy atom. The van der Waals surface area contributed by atoms with Crippen molar-refractivity contribution in [3.63, 3.8) is 0 Å². The first-order valence-electron chi connectivity index (χ1n) is 9.85. The van der Waals surface area contributed by atoms with Gasteiger partial charge in [-0.05, 0) is 32.1 Å². The van der Waals surface area contributed by atoms with E-state index in [1.807, 2.05) is 0 Å². The Morgan fingerprint density at radius 2 is 1.50 bits per heavy atom. The Labute approximate surface area is 158 Å². The van der Waals surface area contributed by atoms with Crippen LogP contribution in [0.4, 0.5) is 0 Å². The van der Waals surface area contributed by atoms with Crippen molar-refractivity contribution in [2.24, 2.45) is 0 Å². The predicted molar refractivity (Wildman–Crippen MR) is 106 cm³/mol. The topological polar surface area (TPSA) is 104 Å². The summed E-state index contributed by atoms with van der Waals surface area (Å²) in [6.45, 7) is 1.53. The number of nitrogens with one attached hydrogen (secondary N) is 1. The molecular weight excluding hydrogens is 353 g/mol. The fraction of sp³-hybridized carbons (Fsp3) is 0.789. The van der Waals surface area contributed by atoms with Crippen molar-refractivity contribution in [1.82, 2.24) is 5.09 Å². The molecule has 0 radical (unpaired) electrons. The van der Waals surface area contributed by atoms with Crippen LogP contribution in [0, 0.1) is 0 Å². The standard InChI is InChI=1S/C19H36NO5P/c1-2-3-4-5-6-7-8-9-10-11-12-13-14-15-18(22)26(25)20-17(16-21)19(23)24/h7-8,17,21,26H,2-6,9-16H2,1H3,(H,20,25)(H,23,24)/b8-7-. The molecule has 26 heavy (non-hydrogen) atoms. The summed E-state index contributed by atoms with van der Waals surface area (Å²) in [4.78, 5) is 22.4. The minimum atomic E-state index is -2.83. The molecule has 0 aromatic rings. The average molecular weight is 389 g/mol. The molecule has 152 valence electrons. The summed E-state index contributed by atoms with van der Waals surface area (Å²) < 4.78 is 11.7. The third-order valence-electron chi connectivity index (χ3n) is 4.20. The summed E-state index contributed by atoms with van der Waals surface area (Å²) in [6.07, 6.45) is 17.1. The van der Waals surface area contributed by atoms with Crippen LogP contribution in [0.15, 0.2) is 12.2 Å². The molecule has 0 spiro atoms. The van der Waals surface area contributed by atoms with Crippen LogP contribution >= 0.6 is 7.95 Å². The van der Waals surface area contributed by atoms with Crippen LogP contribution < -0.4 is 5.09 Å². The van der Waals surface area contributed by atoms with Crippen molar-refractivity contribution < 1.29 is 24.4 Å². The average Bonchev–Trinajstić information content (AvgIpc) is 2.62. The summed E-state index contributed by atoms with van der Waals surface area (Å²) >= 11 is 0. The number of aliphatic hydroxyl groups is 1. The molecule has 0 saturated carbocycles. The number of allylic oxidation sites excluding steroid dienone is 2. The van der Waals surface area contributed by atoms with Crippen molar-refractivity contribution in [3.8, 4) is 0 Å². The molecule has 0 aliphatic rings. The molecule has 2 atom stereocenters. The first kappa shape index (κ1) is 25.0. The zero-order valence-electron chi connectivity index (χ0n) is 16.0. The molecule has 0 fully saturated rings. The van der Waals surface area contributed by atoms with Gasteiger partial charge in [0.05, 0.1) is 6.61 Å². The summed E-state index contributed by atoms with van der Waals surface area (Å²) in [5.74, 6) is -1.31. The number of carbonyl (C=O) groups is 2. The van der Waals surface area contributed by atoms with Crippen LogP contribution in [0.25, 0.3) is 0 Å². The van der Waals surface area contributed by atoms with Crippen LogP contribution in [0.5, 0.6) is 0 Å². The van der Waals surface area contributed by atoms with E-state index in [0.29, 0.717) is 6.42 Å². The van der Waals surface area contributed by atoms with E-state index in [1.165, 1.54) is 32.1 Å². The molecule has 0 aliphatic carbocycles. The number of rotatable bonds is 18. The molecule has 0 saturated heterocycles. The minimum Gasteiger partial charge on any atom is -0.480 e. The van der Waals surface area contributed by atoms with Gasteiger partial charge < -0.3 is 14.8 Å². The Kier molecular flexibility index (Phi) is 16.8. The highest BCUT2D eigenvalue weighted by molar-refractivity contribution is 7.61. The highest BCUT2D eigenvalue weighted by Crippen LogP contribution is 2.21. The molecular formula is C19H36NO5P. The molecule has 0 aliphatic heterocycles. The molecule has 3 N–H and O–H groups in total. The molecule has 2 unspecified atom stereocenters. The van der Waals surface area contributed by atoms with Crippen LogP contribution in [-0.4, -0.2) is 34.4 Å². The van der Waals surface area contributed by atoms with E-state index in [4.69, 9.17) is 10.2 Å². The van der Waals surface area contributed by atoms with E-state index in [9.17, 15) is 14.2 Å². The minimum absolute atomic E-state index is 0.195. The number of hydrogen-bond donors (Lipinski definition) is 3. The second kappa shape index (κ2) is 17.4. The SMILES string of the molecule is CCCCCC/C=C\CCCCCCCC(=O)[PH](=O)NC(CO)C(=O)O. The highest BCUT2D eigenvalue weighted by Gasteiger charge is 2.21. The molecule has 0 rings (SSSR count). The van der Waals surface area contributed by atoms with Crippen LogP contribution in [0.3, 0.4) is 0 Å². The third-order valence-corrected chi connectivity index (χ3v) is 5.57. The fourth-order valence-electron chi connectivity index (χ4n) is 2.54. The van der Waals surface area contributed by atoms with Crippen molar-refractivity contribution in [1.29, 1.82) is 0 Å². The van der Waals surface area contributed by atoms with E-state index in [-0.39, 0.29) is 6.42 Å².